The molecule has 1 aliphatic heterocycles. The summed E-state index contributed by atoms with van der Waals surface area (Å²) in [6.07, 6.45) is 6.23. The van der Waals surface area contributed by atoms with E-state index in [-0.39, 0.29) is 0 Å². The zero-order chi connectivity index (χ0) is 21.4. The van der Waals surface area contributed by atoms with Crippen LogP contribution in [0.1, 0.15) is 11.1 Å². The Morgan fingerprint density at radius 1 is 0.839 bits per heavy atom. The third kappa shape index (κ3) is 3.14. The summed E-state index contributed by atoms with van der Waals surface area (Å²) < 4.78 is 11.1. The van der Waals surface area contributed by atoms with Crippen LogP contribution in [-0.2, 0) is 4.74 Å². The van der Waals surface area contributed by atoms with Gasteiger partial charge in [0.2, 0.25) is 0 Å². The van der Waals surface area contributed by atoms with Gasteiger partial charge < -0.3 is 14.4 Å². The summed E-state index contributed by atoms with van der Waals surface area (Å²) in [6.45, 7) is 0. The number of hydrogen-bond donors (Lipinski definition) is 0. The van der Waals surface area contributed by atoms with Crippen LogP contribution in [0.25, 0.3) is 5.57 Å². The molecule has 1 heterocycles. The number of fused-ring (bicyclic) bond motifs is 2. The smallest absolute Gasteiger partial charge is 0.169 e. The molecule has 1 atom stereocenters. The van der Waals surface area contributed by atoms with Gasteiger partial charge in [0.25, 0.3) is 0 Å². The Hall–Kier alpha value is -3.08. The highest BCUT2D eigenvalue weighted by atomic mass is 79.9. The lowest BCUT2D eigenvalue weighted by Gasteiger charge is -2.43. The highest BCUT2D eigenvalue weighted by molar-refractivity contribution is 9.10. The molecule has 0 N–H and O–H groups in total. The average molecular weight is 472 g/mol. The average Bonchev–Trinajstić information content (AvgIpc) is 2.83. The van der Waals surface area contributed by atoms with Crippen LogP contribution in [0.5, 0.6) is 5.75 Å². The van der Waals surface area contributed by atoms with E-state index >= 15 is 0 Å². The van der Waals surface area contributed by atoms with Crippen LogP contribution >= 0.6 is 15.9 Å². The number of rotatable bonds is 4. The number of benzene rings is 3. The molecule has 31 heavy (non-hydrogen) atoms. The first-order valence-corrected chi connectivity index (χ1v) is 10.9. The summed E-state index contributed by atoms with van der Waals surface area (Å²) in [6, 6.07) is 27.0. The highest BCUT2D eigenvalue weighted by Gasteiger charge is 2.43. The second-order valence-electron chi connectivity index (χ2n) is 7.40. The molecule has 154 valence electrons. The first kappa shape index (κ1) is 19.9. The van der Waals surface area contributed by atoms with Crippen molar-refractivity contribution in [1.29, 1.82) is 0 Å². The summed E-state index contributed by atoms with van der Waals surface area (Å²) >= 11 is 3.90. The Bertz CT molecular complexity index is 1210. The van der Waals surface area contributed by atoms with E-state index in [1.165, 1.54) is 0 Å². The number of nitrogens with zero attached hydrogens (tertiary/aromatic N) is 1. The molecule has 1 unspecified atom stereocenters. The zero-order valence-corrected chi connectivity index (χ0v) is 19.0. The maximum atomic E-state index is 6.04. The number of allylic oxidation sites excluding steroid dienone is 2. The molecule has 4 heteroatoms. The molecule has 0 radical (unpaired) electrons. The fourth-order valence-corrected chi connectivity index (χ4v) is 4.94. The molecule has 3 aromatic rings. The van der Waals surface area contributed by atoms with E-state index in [4.69, 9.17) is 9.47 Å². The minimum Gasteiger partial charge on any atom is -0.496 e. The molecule has 3 aromatic carbocycles. The van der Waals surface area contributed by atoms with Crippen molar-refractivity contribution >= 4 is 32.9 Å². The molecule has 0 bridgehead atoms. The molecule has 3 nitrogen and oxygen atoms in total. The number of ether oxygens (including phenoxy) is 2. The van der Waals surface area contributed by atoms with Gasteiger partial charge in [-0.1, -0.05) is 60.7 Å². The third-order valence-electron chi connectivity index (χ3n) is 5.74. The fourth-order valence-electron chi connectivity index (χ4n) is 4.39. The second kappa shape index (κ2) is 7.88. The first-order valence-electron chi connectivity index (χ1n) is 10.1. The van der Waals surface area contributed by atoms with E-state index in [0.717, 1.165) is 45.1 Å². The zero-order valence-electron chi connectivity index (χ0n) is 17.4. The quantitative estimate of drug-likeness (QED) is 0.388. The summed E-state index contributed by atoms with van der Waals surface area (Å²) in [5.74, 6) is 0.823. The van der Waals surface area contributed by atoms with Crippen molar-refractivity contribution in [3.63, 3.8) is 0 Å². The molecule has 0 spiro atoms. The minimum absolute atomic E-state index is 0.770. The van der Waals surface area contributed by atoms with Crippen LogP contribution in [0.2, 0.25) is 0 Å². The molecule has 0 saturated carbocycles. The normalized spacial score (nSPS) is 19.6. The van der Waals surface area contributed by atoms with E-state index < -0.39 is 4.51 Å². The summed E-state index contributed by atoms with van der Waals surface area (Å²) in [5, 5.41) is 0. The predicted octanol–water partition coefficient (Wildman–Crippen LogP) is 6.84. The topological polar surface area (TPSA) is 21.7 Å². The largest absolute Gasteiger partial charge is 0.496 e. The molecular weight excluding hydrogens is 450 g/mol. The fraction of sp³-hybridized carbons (Fsp3) is 0.111. The third-order valence-corrected chi connectivity index (χ3v) is 6.73. The summed E-state index contributed by atoms with van der Waals surface area (Å²) in [5.41, 5.74) is 7.50. The molecular formula is C27H22BrNO2. The molecule has 0 aromatic heterocycles. The van der Waals surface area contributed by atoms with Crippen molar-refractivity contribution in [3.05, 3.63) is 119 Å². The molecule has 0 saturated heterocycles. The maximum absolute atomic E-state index is 6.04. The Morgan fingerprint density at radius 3 is 2.23 bits per heavy atom. The molecule has 0 fully saturated rings. The van der Waals surface area contributed by atoms with Gasteiger partial charge in [0.15, 0.2) is 4.51 Å². The molecule has 0 amide bonds. The van der Waals surface area contributed by atoms with E-state index in [1.54, 1.807) is 14.2 Å². The second-order valence-corrected chi connectivity index (χ2v) is 8.58. The number of para-hydroxylation sites is 1. The van der Waals surface area contributed by atoms with E-state index in [1.807, 2.05) is 36.4 Å². The number of methoxy groups -OCH3 is 2. The van der Waals surface area contributed by atoms with E-state index in [0.29, 0.717) is 0 Å². The Labute approximate surface area is 191 Å². The van der Waals surface area contributed by atoms with Gasteiger partial charge in [-0.2, -0.15) is 0 Å². The highest BCUT2D eigenvalue weighted by Crippen LogP contribution is 2.55. The Balaban J connectivity index is 1.93. The monoisotopic (exact) mass is 471 g/mol. The molecule has 5 rings (SSSR count). The van der Waals surface area contributed by atoms with Crippen molar-refractivity contribution in [1.82, 2.24) is 0 Å². The van der Waals surface area contributed by atoms with Crippen molar-refractivity contribution < 1.29 is 9.47 Å². The summed E-state index contributed by atoms with van der Waals surface area (Å²) in [7, 11) is 3.45. The van der Waals surface area contributed by atoms with Crippen molar-refractivity contribution in [2.75, 3.05) is 19.1 Å². The van der Waals surface area contributed by atoms with Gasteiger partial charge in [-0.3, -0.25) is 0 Å². The van der Waals surface area contributed by atoms with Crippen molar-refractivity contribution in [3.8, 4) is 5.75 Å². The predicted molar refractivity (Wildman–Crippen MR) is 130 cm³/mol. The van der Waals surface area contributed by atoms with Gasteiger partial charge in [0.1, 0.15) is 5.75 Å². The molecule has 2 aliphatic rings. The van der Waals surface area contributed by atoms with Gasteiger partial charge >= 0.3 is 0 Å². The maximum Gasteiger partial charge on any atom is 0.169 e. The minimum atomic E-state index is -0.770. The van der Waals surface area contributed by atoms with E-state index in [2.05, 4.69) is 81.5 Å². The SMILES string of the molecule is COc1cccc2c1C(c1ccccc1)=C1C(=CC=CC1(Br)OC)N2c1ccccc1. The molecule has 1 aliphatic carbocycles. The lowest BCUT2D eigenvalue weighted by atomic mass is 9.81. The van der Waals surface area contributed by atoms with Crippen LogP contribution in [0.4, 0.5) is 11.4 Å². The van der Waals surface area contributed by atoms with Crippen molar-refractivity contribution in [2.45, 2.75) is 4.51 Å². The Morgan fingerprint density at radius 2 is 1.55 bits per heavy atom. The van der Waals surface area contributed by atoms with Crippen LogP contribution in [0, 0.1) is 0 Å². The number of hydrogen-bond acceptors (Lipinski definition) is 3. The number of anilines is 2. The first-order chi connectivity index (χ1) is 15.2. The van der Waals surface area contributed by atoms with Gasteiger partial charge in [-0.15, -0.1) is 0 Å². The van der Waals surface area contributed by atoms with Gasteiger partial charge in [0, 0.05) is 29.5 Å². The Kier molecular flexibility index (Phi) is 5.05. The van der Waals surface area contributed by atoms with Gasteiger partial charge in [-0.05, 0) is 57.9 Å². The van der Waals surface area contributed by atoms with Crippen LogP contribution in [0.15, 0.2) is 108 Å². The van der Waals surface area contributed by atoms with Crippen LogP contribution in [0.3, 0.4) is 0 Å². The van der Waals surface area contributed by atoms with E-state index in [9.17, 15) is 0 Å². The lowest BCUT2D eigenvalue weighted by molar-refractivity contribution is 0.147. The van der Waals surface area contributed by atoms with Gasteiger partial charge in [0.05, 0.1) is 18.5 Å². The number of halogens is 1. The summed E-state index contributed by atoms with van der Waals surface area (Å²) in [4.78, 5) is 2.28. The van der Waals surface area contributed by atoms with Crippen molar-refractivity contribution in [2.24, 2.45) is 0 Å². The lowest BCUT2D eigenvalue weighted by Crippen LogP contribution is -2.36. The van der Waals surface area contributed by atoms with Crippen LogP contribution in [-0.4, -0.2) is 18.7 Å². The van der Waals surface area contributed by atoms with Gasteiger partial charge in [-0.25, -0.2) is 0 Å². The number of alkyl halides is 1. The van der Waals surface area contributed by atoms with Crippen LogP contribution < -0.4 is 9.64 Å². The standard InChI is InChI=1S/C27H22BrNO2/c1-30-23-17-9-15-21-25(23)24(19-11-5-3-6-12-19)26-22(16-10-18-27(26,28)31-2)29(21)20-13-7-4-8-14-20/h3-18H,1-2H3.